The Morgan fingerprint density at radius 2 is 1.52 bits per heavy atom. The number of halogens is 3. The van der Waals surface area contributed by atoms with E-state index in [1.165, 1.54) is 21.9 Å². The van der Waals surface area contributed by atoms with Crippen molar-refractivity contribution in [3.63, 3.8) is 0 Å². The normalized spacial score (nSPS) is 13.7. The minimum absolute atomic E-state index is 0.237. The number of anilines is 2. The van der Waals surface area contributed by atoms with Gasteiger partial charge in [-0.25, -0.2) is 9.78 Å². The lowest BCUT2D eigenvalue weighted by atomic mass is 9.95. The third-order valence-electron chi connectivity index (χ3n) is 7.20. The molecular formula is C33H32F3N3O6S. The Morgan fingerprint density at radius 3 is 2.11 bits per heavy atom. The molecular weight excluding hydrogens is 623 g/mol. The van der Waals surface area contributed by atoms with Crippen LogP contribution in [-0.2, 0) is 25.5 Å². The zero-order valence-corrected chi connectivity index (χ0v) is 25.6. The molecule has 5 rings (SSSR count). The highest BCUT2D eigenvalue weighted by molar-refractivity contribution is 7.14. The summed E-state index contributed by atoms with van der Waals surface area (Å²) >= 11 is 1.38. The summed E-state index contributed by atoms with van der Waals surface area (Å²) in [4.78, 5) is 42.5. The number of carbonyl (C=O) groups excluding carboxylic acids is 1. The number of thiazole rings is 1. The molecule has 0 saturated carbocycles. The Morgan fingerprint density at radius 1 is 0.935 bits per heavy atom. The number of carboxylic acid groups (broad SMARTS) is 2. The Bertz CT molecular complexity index is 1620. The second-order valence-corrected chi connectivity index (χ2v) is 11.2. The fourth-order valence-corrected chi connectivity index (χ4v) is 5.69. The average molecular weight is 656 g/mol. The summed E-state index contributed by atoms with van der Waals surface area (Å²) in [5.41, 5.74) is 6.02. The van der Waals surface area contributed by atoms with Gasteiger partial charge in [-0.05, 0) is 35.2 Å². The number of carbonyl (C=O) groups is 3. The number of aliphatic carboxylic acids is 2. The van der Waals surface area contributed by atoms with Crippen LogP contribution in [0.2, 0.25) is 0 Å². The second-order valence-electron chi connectivity index (χ2n) is 10.4. The molecule has 0 bridgehead atoms. The quantitative estimate of drug-likeness (QED) is 0.217. The van der Waals surface area contributed by atoms with Crippen molar-refractivity contribution in [2.75, 3.05) is 43.2 Å². The summed E-state index contributed by atoms with van der Waals surface area (Å²) < 4.78 is 37.2. The van der Waals surface area contributed by atoms with Crippen LogP contribution in [-0.4, -0.2) is 72.6 Å². The summed E-state index contributed by atoms with van der Waals surface area (Å²) in [6.45, 7) is 3.28. The van der Waals surface area contributed by atoms with E-state index in [2.05, 4.69) is 35.2 Å². The maximum absolute atomic E-state index is 13.4. The van der Waals surface area contributed by atoms with Crippen LogP contribution >= 0.6 is 11.3 Å². The molecule has 2 heterocycles. The van der Waals surface area contributed by atoms with Gasteiger partial charge < -0.3 is 19.8 Å². The van der Waals surface area contributed by atoms with Crippen LogP contribution in [0.15, 0.2) is 84.2 Å². The van der Waals surface area contributed by atoms with Gasteiger partial charge in [0.25, 0.3) is 0 Å². The number of alkyl halides is 3. The predicted octanol–water partition coefficient (Wildman–Crippen LogP) is 6.24. The first-order valence-electron chi connectivity index (χ1n) is 14.3. The van der Waals surface area contributed by atoms with Crippen molar-refractivity contribution in [3.8, 4) is 22.4 Å². The van der Waals surface area contributed by atoms with Crippen molar-refractivity contribution in [1.82, 2.24) is 4.98 Å². The Balaban J connectivity index is 0.000000617. The number of rotatable bonds is 9. The maximum atomic E-state index is 13.4. The number of aromatic nitrogens is 1. The molecule has 1 aliphatic rings. The monoisotopic (exact) mass is 655 g/mol. The Kier molecular flexibility index (Phi) is 11.5. The number of nitrogens with zero attached hydrogens (tertiary/aromatic N) is 3. The van der Waals surface area contributed by atoms with E-state index in [4.69, 9.17) is 19.6 Å². The van der Waals surface area contributed by atoms with Crippen molar-refractivity contribution in [2.45, 2.75) is 19.0 Å². The molecule has 0 radical (unpaired) electrons. The molecule has 1 fully saturated rings. The number of amides is 1. The predicted molar refractivity (Wildman–Crippen MR) is 169 cm³/mol. The molecule has 0 aliphatic carbocycles. The SMILES string of the molecule is CN(C(=O)C(CC(=O)O)Cc1ccccc1)c1nc(-c2ccccc2-c2ccc(N3CCOCC3)cc2)cs1.O=C(O)C(F)(F)F. The molecule has 1 amide bonds. The standard InChI is InChI=1S/C31H31N3O4S.C2HF3O2/c1-33(30(37)24(20-29(35)36)19-22-7-3-2-4-8-22)31-32-28(21-39-31)27-10-6-5-9-26(27)23-11-13-25(14-12-23)34-15-17-38-18-16-34;3-2(4,5)1(6)7/h2-14,21,24H,15-20H2,1H3,(H,35,36);(H,6,7). The maximum Gasteiger partial charge on any atom is 0.490 e. The first kappa shape index (κ1) is 34.1. The lowest BCUT2D eigenvalue weighted by Gasteiger charge is -2.29. The van der Waals surface area contributed by atoms with Crippen LogP contribution in [0.1, 0.15) is 12.0 Å². The lowest BCUT2D eigenvalue weighted by Crippen LogP contribution is -2.36. The van der Waals surface area contributed by atoms with Gasteiger partial charge in [0.2, 0.25) is 5.91 Å². The van der Waals surface area contributed by atoms with Crippen LogP contribution in [0.5, 0.6) is 0 Å². The van der Waals surface area contributed by atoms with Gasteiger partial charge in [-0.2, -0.15) is 13.2 Å². The van der Waals surface area contributed by atoms with E-state index in [0.717, 1.165) is 54.3 Å². The van der Waals surface area contributed by atoms with Gasteiger partial charge in [0.15, 0.2) is 5.13 Å². The lowest BCUT2D eigenvalue weighted by molar-refractivity contribution is -0.192. The average Bonchev–Trinajstić information content (AvgIpc) is 3.55. The smallest absolute Gasteiger partial charge is 0.481 e. The van der Waals surface area contributed by atoms with E-state index >= 15 is 0 Å². The molecule has 1 saturated heterocycles. The molecule has 1 unspecified atom stereocenters. The van der Waals surface area contributed by atoms with Gasteiger partial charge in [0, 0.05) is 36.8 Å². The second kappa shape index (κ2) is 15.5. The van der Waals surface area contributed by atoms with Crippen molar-refractivity contribution in [2.24, 2.45) is 5.92 Å². The number of benzene rings is 3. The minimum atomic E-state index is -5.08. The number of carboxylic acids is 2. The van der Waals surface area contributed by atoms with Crippen LogP contribution in [0.4, 0.5) is 24.0 Å². The summed E-state index contributed by atoms with van der Waals surface area (Å²) in [7, 11) is 1.67. The minimum Gasteiger partial charge on any atom is -0.481 e. The number of hydrogen-bond donors (Lipinski definition) is 2. The molecule has 9 nitrogen and oxygen atoms in total. The fourth-order valence-electron chi connectivity index (χ4n) is 4.90. The summed E-state index contributed by atoms with van der Waals surface area (Å²) in [5.74, 6) is -4.69. The van der Waals surface area contributed by atoms with E-state index in [-0.39, 0.29) is 12.3 Å². The van der Waals surface area contributed by atoms with Gasteiger partial charge in [0.1, 0.15) is 0 Å². The van der Waals surface area contributed by atoms with Crippen LogP contribution in [0.3, 0.4) is 0 Å². The van der Waals surface area contributed by atoms with Gasteiger partial charge in [-0.3, -0.25) is 14.5 Å². The number of hydrogen-bond acceptors (Lipinski definition) is 7. The highest BCUT2D eigenvalue weighted by atomic mass is 32.1. The molecule has 0 spiro atoms. The van der Waals surface area contributed by atoms with E-state index in [9.17, 15) is 27.9 Å². The Labute approximate surface area is 267 Å². The summed E-state index contributed by atoms with van der Waals surface area (Å²) in [6, 6.07) is 26.2. The van der Waals surface area contributed by atoms with Crippen LogP contribution in [0, 0.1) is 5.92 Å². The van der Waals surface area contributed by atoms with Gasteiger partial charge in [-0.15, -0.1) is 11.3 Å². The van der Waals surface area contributed by atoms with E-state index in [0.29, 0.717) is 11.6 Å². The van der Waals surface area contributed by atoms with Crippen LogP contribution < -0.4 is 9.80 Å². The molecule has 1 atom stereocenters. The van der Waals surface area contributed by atoms with E-state index in [1.54, 1.807) is 7.05 Å². The van der Waals surface area contributed by atoms with E-state index in [1.807, 2.05) is 53.9 Å². The third kappa shape index (κ3) is 9.14. The van der Waals surface area contributed by atoms with Crippen molar-refractivity contribution < 1.29 is 42.5 Å². The molecule has 1 aromatic heterocycles. The topological polar surface area (TPSA) is 120 Å². The fraction of sp³-hybridized carbons (Fsp3) is 0.273. The zero-order chi connectivity index (χ0) is 33.3. The van der Waals surface area contributed by atoms with Crippen molar-refractivity contribution in [3.05, 3.63) is 89.8 Å². The Hall–Kier alpha value is -4.75. The number of morpholine rings is 1. The van der Waals surface area contributed by atoms with Gasteiger partial charge in [-0.1, -0.05) is 66.7 Å². The third-order valence-corrected chi connectivity index (χ3v) is 8.12. The molecule has 242 valence electrons. The zero-order valence-electron chi connectivity index (χ0n) is 24.8. The van der Waals surface area contributed by atoms with Gasteiger partial charge in [0.05, 0.1) is 31.2 Å². The van der Waals surface area contributed by atoms with Gasteiger partial charge >= 0.3 is 18.1 Å². The highest BCUT2D eigenvalue weighted by Crippen LogP contribution is 2.35. The molecule has 13 heteroatoms. The molecule has 2 N–H and O–H groups in total. The molecule has 3 aromatic carbocycles. The molecule has 1 aliphatic heterocycles. The van der Waals surface area contributed by atoms with E-state index < -0.39 is 24.0 Å². The first-order valence-corrected chi connectivity index (χ1v) is 15.1. The number of ether oxygens (including phenoxy) is 1. The molecule has 4 aromatic rings. The molecule has 46 heavy (non-hydrogen) atoms. The largest absolute Gasteiger partial charge is 0.490 e. The van der Waals surface area contributed by atoms with Crippen molar-refractivity contribution in [1.29, 1.82) is 0 Å². The highest BCUT2D eigenvalue weighted by Gasteiger charge is 2.38. The van der Waals surface area contributed by atoms with Crippen molar-refractivity contribution >= 4 is 40.0 Å². The first-order chi connectivity index (χ1) is 21.9. The van der Waals surface area contributed by atoms with Crippen LogP contribution in [0.25, 0.3) is 22.4 Å². The summed E-state index contributed by atoms with van der Waals surface area (Å²) in [5, 5.41) is 19.1. The summed E-state index contributed by atoms with van der Waals surface area (Å²) in [6.07, 6.45) is -4.96.